The lowest BCUT2D eigenvalue weighted by Gasteiger charge is -2.14. The van der Waals surface area contributed by atoms with Crippen LogP contribution in [0.3, 0.4) is 0 Å². The molecule has 0 bridgehead atoms. The Morgan fingerprint density at radius 3 is 2.44 bits per heavy atom. The van der Waals surface area contributed by atoms with Crippen molar-refractivity contribution in [1.29, 1.82) is 0 Å². The zero-order valence-electron chi connectivity index (χ0n) is 10.2. The molecule has 0 amide bonds. The van der Waals surface area contributed by atoms with Gasteiger partial charge in [-0.3, -0.25) is 4.79 Å². The molecule has 94 valence electrons. The Labute approximate surface area is 96.1 Å². The number of carbonyl (C=O) groups excluding carboxylic acids is 2. The second-order valence-corrected chi connectivity index (χ2v) is 3.23. The van der Waals surface area contributed by atoms with Gasteiger partial charge in [0.15, 0.2) is 6.10 Å². The fourth-order valence-corrected chi connectivity index (χ4v) is 1.14. The quantitative estimate of drug-likeness (QED) is 0.590. The summed E-state index contributed by atoms with van der Waals surface area (Å²) in [5.74, 6) is -0.769. The monoisotopic (exact) mass is 232 g/mol. The molecule has 1 atom stereocenters. The van der Waals surface area contributed by atoms with E-state index in [2.05, 4.69) is 4.74 Å². The second kappa shape index (κ2) is 9.15. The van der Waals surface area contributed by atoms with Gasteiger partial charge in [-0.1, -0.05) is 6.92 Å². The van der Waals surface area contributed by atoms with Gasteiger partial charge in [0.25, 0.3) is 0 Å². The van der Waals surface area contributed by atoms with Gasteiger partial charge in [0, 0.05) is 13.0 Å². The minimum absolute atomic E-state index is 0.164. The molecule has 1 unspecified atom stereocenters. The van der Waals surface area contributed by atoms with E-state index in [0.29, 0.717) is 19.6 Å². The first kappa shape index (κ1) is 14.9. The highest BCUT2D eigenvalue weighted by Gasteiger charge is 2.20. The van der Waals surface area contributed by atoms with Crippen molar-refractivity contribution in [1.82, 2.24) is 0 Å². The third-order valence-electron chi connectivity index (χ3n) is 1.90. The fraction of sp³-hybridized carbons (Fsp3) is 0.818. The van der Waals surface area contributed by atoms with Gasteiger partial charge in [-0.2, -0.15) is 0 Å². The van der Waals surface area contributed by atoms with Crippen molar-refractivity contribution in [3.05, 3.63) is 0 Å². The predicted octanol–water partition coefficient (Wildman–Crippen LogP) is 1.30. The van der Waals surface area contributed by atoms with Gasteiger partial charge in [0.2, 0.25) is 0 Å². The number of rotatable bonds is 8. The standard InChI is InChI=1S/C11H20O5/c1-4-8-16-9(11(13)14-3)6-7-10(12)15-5-2/h9H,4-8H2,1-3H3. The summed E-state index contributed by atoms with van der Waals surface area (Å²) in [5.41, 5.74) is 0. The first-order chi connectivity index (χ1) is 7.65. The third kappa shape index (κ3) is 6.40. The lowest BCUT2D eigenvalue weighted by molar-refractivity contribution is -0.155. The van der Waals surface area contributed by atoms with Crippen LogP contribution in [0.2, 0.25) is 0 Å². The van der Waals surface area contributed by atoms with Crippen LogP contribution in [0.4, 0.5) is 0 Å². The van der Waals surface area contributed by atoms with E-state index < -0.39 is 12.1 Å². The van der Waals surface area contributed by atoms with Crippen molar-refractivity contribution in [2.45, 2.75) is 39.2 Å². The van der Waals surface area contributed by atoms with E-state index in [1.54, 1.807) is 6.92 Å². The molecule has 0 N–H and O–H groups in total. The van der Waals surface area contributed by atoms with Gasteiger partial charge in [-0.05, 0) is 19.8 Å². The molecule has 0 aliphatic heterocycles. The minimum atomic E-state index is -0.672. The lowest BCUT2D eigenvalue weighted by atomic mass is 10.2. The molecule has 5 nitrogen and oxygen atoms in total. The number of ether oxygens (including phenoxy) is 3. The van der Waals surface area contributed by atoms with E-state index in [1.165, 1.54) is 7.11 Å². The van der Waals surface area contributed by atoms with Crippen molar-refractivity contribution < 1.29 is 23.8 Å². The lowest BCUT2D eigenvalue weighted by Crippen LogP contribution is -2.27. The Hall–Kier alpha value is -1.10. The Morgan fingerprint density at radius 2 is 1.94 bits per heavy atom. The van der Waals surface area contributed by atoms with Crippen LogP contribution in [-0.4, -0.2) is 38.4 Å². The van der Waals surface area contributed by atoms with E-state index in [1.807, 2.05) is 6.92 Å². The predicted molar refractivity (Wildman–Crippen MR) is 57.9 cm³/mol. The summed E-state index contributed by atoms with van der Waals surface area (Å²) in [7, 11) is 1.30. The van der Waals surface area contributed by atoms with Crippen molar-refractivity contribution in [3.8, 4) is 0 Å². The molecule has 0 fully saturated rings. The van der Waals surface area contributed by atoms with Crippen molar-refractivity contribution >= 4 is 11.9 Å². The molecule has 0 spiro atoms. The third-order valence-corrected chi connectivity index (χ3v) is 1.90. The van der Waals surface area contributed by atoms with E-state index in [4.69, 9.17) is 9.47 Å². The van der Waals surface area contributed by atoms with Crippen molar-refractivity contribution in [2.24, 2.45) is 0 Å². The van der Waals surface area contributed by atoms with E-state index in [0.717, 1.165) is 6.42 Å². The molecule has 0 saturated heterocycles. The topological polar surface area (TPSA) is 61.8 Å². The summed E-state index contributed by atoms with van der Waals surface area (Å²) >= 11 is 0. The number of carbonyl (C=O) groups is 2. The smallest absolute Gasteiger partial charge is 0.334 e. The number of methoxy groups -OCH3 is 1. The van der Waals surface area contributed by atoms with Crippen LogP contribution in [0.15, 0.2) is 0 Å². The SMILES string of the molecule is CCCOC(CCC(=O)OCC)C(=O)OC. The molecular formula is C11H20O5. The van der Waals surface area contributed by atoms with Crippen LogP contribution in [0, 0.1) is 0 Å². The fourth-order valence-electron chi connectivity index (χ4n) is 1.14. The van der Waals surface area contributed by atoms with E-state index in [9.17, 15) is 9.59 Å². The summed E-state index contributed by atoms with van der Waals surface area (Å²) in [5, 5.41) is 0. The minimum Gasteiger partial charge on any atom is -0.467 e. The van der Waals surface area contributed by atoms with Gasteiger partial charge >= 0.3 is 11.9 Å². The van der Waals surface area contributed by atoms with Crippen molar-refractivity contribution in [2.75, 3.05) is 20.3 Å². The summed E-state index contributed by atoms with van der Waals surface area (Å²) < 4.78 is 14.6. The molecule has 0 aromatic heterocycles. The molecule has 0 aromatic carbocycles. The molecule has 0 aliphatic rings. The summed E-state index contributed by atoms with van der Waals surface area (Å²) in [6.07, 6.45) is 0.602. The van der Waals surface area contributed by atoms with E-state index >= 15 is 0 Å². The summed E-state index contributed by atoms with van der Waals surface area (Å²) in [6, 6.07) is 0. The van der Waals surface area contributed by atoms with Crippen LogP contribution < -0.4 is 0 Å². The van der Waals surface area contributed by atoms with Gasteiger partial charge in [0.1, 0.15) is 0 Å². The second-order valence-electron chi connectivity index (χ2n) is 3.23. The highest BCUT2D eigenvalue weighted by atomic mass is 16.6. The molecule has 0 heterocycles. The summed E-state index contributed by atoms with van der Waals surface area (Å²) in [4.78, 5) is 22.4. The molecular weight excluding hydrogens is 212 g/mol. The zero-order chi connectivity index (χ0) is 12.4. The van der Waals surface area contributed by atoms with Crippen molar-refractivity contribution in [3.63, 3.8) is 0 Å². The van der Waals surface area contributed by atoms with Crippen LogP contribution in [0.1, 0.15) is 33.1 Å². The van der Waals surface area contributed by atoms with Gasteiger partial charge in [-0.25, -0.2) is 4.79 Å². The van der Waals surface area contributed by atoms with E-state index in [-0.39, 0.29) is 12.4 Å². The Balaban J connectivity index is 4.00. The highest BCUT2D eigenvalue weighted by Crippen LogP contribution is 2.06. The molecule has 5 heteroatoms. The normalized spacial score (nSPS) is 11.9. The maximum Gasteiger partial charge on any atom is 0.334 e. The highest BCUT2D eigenvalue weighted by molar-refractivity contribution is 5.76. The zero-order valence-corrected chi connectivity index (χ0v) is 10.2. The molecule has 0 rings (SSSR count). The first-order valence-corrected chi connectivity index (χ1v) is 5.50. The molecule has 0 aliphatic carbocycles. The van der Waals surface area contributed by atoms with Gasteiger partial charge in [-0.15, -0.1) is 0 Å². The number of esters is 2. The maximum atomic E-state index is 11.3. The van der Waals surface area contributed by atoms with Crippen LogP contribution >= 0.6 is 0 Å². The maximum absolute atomic E-state index is 11.3. The van der Waals surface area contributed by atoms with Gasteiger partial charge in [0.05, 0.1) is 13.7 Å². The molecule has 0 saturated carbocycles. The Morgan fingerprint density at radius 1 is 1.25 bits per heavy atom. The van der Waals surface area contributed by atoms with Crippen LogP contribution in [0.25, 0.3) is 0 Å². The first-order valence-electron chi connectivity index (χ1n) is 5.50. The average Bonchev–Trinajstić information content (AvgIpc) is 2.28. The Kier molecular flexibility index (Phi) is 8.52. The summed E-state index contributed by atoms with van der Waals surface area (Å²) in [6.45, 7) is 4.50. The average molecular weight is 232 g/mol. The van der Waals surface area contributed by atoms with Crippen LogP contribution in [-0.2, 0) is 23.8 Å². The van der Waals surface area contributed by atoms with Crippen LogP contribution in [0.5, 0.6) is 0 Å². The number of hydrogen-bond acceptors (Lipinski definition) is 5. The number of hydrogen-bond donors (Lipinski definition) is 0. The van der Waals surface area contributed by atoms with Gasteiger partial charge < -0.3 is 14.2 Å². The molecule has 0 radical (unpaired) electrons. The molecule has 0 aromatic rings. The molecule has 16 heavy (non-hydrogen) atoms. The Bertz CT molecular complexity index is 214. The largest absolute Gasteiger partial charge is 0.467 e.